The number of ether oxygens (including phenoxy) is 2. The molecule has 0 fully saturated rings. The molecule has 0 saturated carbocycles. The standard InChI is InChI=1S/C21H22N2O3S/c1-23(13-15-7-5-4-6-8-15)20(24)12-17-14-27-21(22-17)16-9-10-18(25-2)19(11-16)26-3/h4-11,14H,12-13H2,1-3H3. The van der Waals surface area contributed by atoms with Crippen LogP contribution >= 0.6 is 11.3 Å². The highest BCUT2D eigenvalue weighted by atomic mass is 32.1. The predicted octanol–water partition coefficient (Wildman–Crippen LogP) is 4.03. The number of methoxy groups -OCH3 is 2. The highest BCUT2D eigenvalue weighted by molar-refractivity contribution is 7.13. The number of carbonyl (C=O) groups excluding carboxylic acids is 1. The van der Waals surface area contributed by atoms with E-state index < -0.39 is 0 Å². The van der Waals surface area contributed by atoms with Crippen LogP contribution in [0.2, 0.25) is 0 Å². The van der Waals surface area contributed by atoms with Gasteiger partial charge in [0.1, 0.15) is 5.01 Å². The van der Waals surface area contributed by atoms with Gasteiger partial charge in [-0.05, 0) is 23.8 Å². The Hall–Kier alpha value is -2.86. The molecule has 6 heteroatoms. The van der Waals surface area contributed by atoms with E-state index in [1.165, 1.54) is 11.3 Å². The molecule has 0 bridgehead atoms. The Morgan fingerprint density at radius 1 is 1.07 bits per heavy atom. The van der Waals surface area contributed by atoms with Crippen LogP contribution in [0, 0.1) is 0 Å². The predicted molar refractivity (Wildman–Crippen MR) is 107 cm³/mol. The Balaban J connectivity index is 1.68. The maximum atomic E-state index is 12.5. The summed E-state index contributed by atoms with van der Waals surface area (Å²) in [6.45, 7) is 0.590. The SMILES string of the molecule is COc1ccc(-c2nc(CC(=O)N(C)Cc3ccccc3)cs2)cc1OC. The van der Waals surface area contributed by atoms with Crippen LogP contribution in [0.15, 0.2) is 53.9 Å². The third-order valence-electron chi connectivity index (χ3n) is 4.20. The summed E-state index contributed by atoms with van der Waals surface area (Å²) in [4.78, 5) is 18.8. The third-order valence-corrected chi connectivity index (χ3v) is 5.14. The number of nitrogens with zero attached hydrogens (tertiary/aromatic N) is 2. The topological polar surface area (TPSA) is 51.7 Å². The van der Waals surface area contributed by atoms with Crippen LogP contribution in [0.5, 0.6) is 11.5 Å². The number of rotatable bonds is 7. The average molecular weight is 382 g/mol. The summed E-state index contributed by atoms with van der Waals surface area (Å²) in [6, 6.07) is 15.6. The summed E-state index contributed by atoms with van der Waals surface area (Å²) in [5, 5.41) is 2.78. The fourth-order valence-corrected chi connectivity index (χ4v) is 3.54. The van der Waals surface area contributed by atoms with E-state index in [2.05, 4.69) is 4.98 Å². The summed E-state index contributed by atoms with van der Waals surface area (Å²) in [5.41, 5.74) is 2.82. The second-order valence-corrected chi connectivity index (χ2v) is 6.98. The Labute approximate surface area is 163 Å². The van der Waals surface area contributed by atoms with Crippen LogP contribution in [-0.2, 0) is 17.8 Å². The fourth-order valence-electron chi connectivity index (χ4n) is 2.73. The monoisotopic (exact) mass is 382 g/mol. The maximum Gasteiger partial charge on any atom is 0.228 e. The number of likely N-dealkylation sites (N-methyl/N-ethyl adjacent to an activating group) is 1. The van der Waals surface area contributed by atoms with Gasteiger partial charge >= 0.3 is 0 Å². The molecular weight excluding hydrogens is 360 g/mol. The molecule has 0 N–H and O–H groups in total. The van der Waals surface area contributed by atoms with Crippen molar-refractivity contribution in [3.05, 3.63) is 65.2 Å². The van der Waals surface area contributed by atoms with Gasteiger partial charge in [0, 0.05) is 24.5 Å². The number of carbonyl (C=O) groups is 1. The molecule has 0 unspecified atom stereocenters. The van der Waals surface area contributed by atoms with Crippen molar-refractivity contribution in [2.45, 2.75) is 13.0 Å². The van der Waals surface area contributed by atoms with Gasteiger partial charge in [-0.15, -0.1) is 11.3 Å². The van der Waals surface area contributed by atoms with E-state index >= 15 is 0 Å². The largest absolute Gasteiger partial charge is 0.493 e. The van der Waals surface area contributed by atoms with Crippen LogP contribution in [0.4, 0.5) is 0 Å². The first-order valence-corrected chi connectivity index (χ1v) is 9.43. The highest BCUT2D eigenvalue weighted by Gasteiger charge is 2.14. The quantitative estimate of drug-likeness (QED) is 0.619. The van der Waals surface area contributed by atoms with Crippen molar-refractivity contribution in [1.82, 2.24) is 9.88 Å². The van der Waals surface area contributed by atoms with E-state index in [-0.39, 0.29) is 12.3 Å². The summed E-state index contributed by atoms with van der Waals surface area (Å²) >= 11 is 1.51. The Bertz CT molecular complexity index is 909. The van der Waals surface area contributed by atoms with Gasteiger partial charge in [-0.3, -0.25) is 4.79 Å². The molecule has 5 nitrogen and oxygen atoms in total. The number of aromatic nitrogens is 1. The molecule has 3 rings (SSSR count). The van der Waals surface area contributed by atoms with Gasteiger partial charge in [0.15, 0.2) is 11.5 Å². The molecule has 1 heterocycles. The minimum Gasteiger partial charge on any atom is -0.493 e. The zero-order chi connectivity index (χ0) is 19.2. The van der Waals surface area contributed by atoms with Gasteiger partial charge < -0.3 is 14.4 Å². The molecule has 0 aliphatic carbocycles. The first-order valence-electron chi connectivity index (χ1n) is 8.55. The average Bonchev–Trinajstić information content (AvgIpc) is 3.16. The number of thiazole rings is 1. The van der Waals surface area contributed by atoms with Gasteiger partial charge in [0.25, 0.3) is 0 Å². The smallest absolute Gasteiger partial charge is 0.228 e. The van der Waals surface area contributed by atoms with Crippen molar-refractivity contribution < 1.29 is 14.3 Å². The molecule has 0 aliphatic heterocycles. The zero-order valence-corrected chi connectivity index (χ0v) is 16.5. The van der Waals surface area contributed by atoms with Gasteiger partial charge in [-0.2, -0.15) is 0 Å². The number of hydrogen-bond donors (Lipinski definition) is 0. The van der Waals surface area contributed by atoms with Crippen LogP contribution < -0.4 is 9.47 Å². The second-order valence-electron chi connectivity index (χ2n) is 6.13. The highest BCUT2D eigenvalue weighted by Crippen LogP contribution is 2.33. The van der Waals surface area contributed by atoms with E-state index in [0.717, 1.165) is 21.8 Å². The normalized spacial score (nSPS) is 10.5. The summed E-state index contributed by atoms with van der Waals surface area (Å²) < 4.78 is 10.6. The van der Waals surface area contributed by atoms with E-state index in [9.17, 15) is 4.79 Å². The van der Waals surface area contributed by atoms with Crippen molar-refractivity contribution >= 4 is 17.2 Å². The third kappa shape index (κ3) is 4.65. The van der Waals surface area contributed by atoms with Crippen molar-refractivity contribution in [2.24, 2.45) is 0 Å². The number of hydrogen-bond acceptors (Lipinski definition) is 5. The van der Waals surface area contributed by atoms with Gasteiger partial charge in [0.05, 0.1) is 26.3 Å². The minimum absolute atomic E-state index is 0.0445. The first-order chi connectivity index (χ1) is 13.1. The molecule has 0 radical (unpaired) electrons. The molecule has 3 aromatic rings. The second kappa shape index (κ2) is 8.68. The Morgan fingerprint density at radius 2 is 1.81 bits per heavy atom. The lowest BCUT2D eigenvalue weighted by atomic mass is 10.2. The van der Waals surface area contributed by atoms with Crippen LogP contribution in [-0.4, -0.2) is 37.1 Å². The van der Waals surface area contributed by atoms with Crippen molar-refractivity contribution in [3.63, 3.8) is 0 Å². The molecule has 27 heavy (non-hydrogen) atoms. The molecule has 140 valence electrons. The van der Waals surface area contributed by atoms with Crippen molar-refractivity contribution in [1.29, 1.82) is 0 Å². The zero-order valence-electron chi connectivity index (χ0n) is 15.6. The first kappa shape index (κ1) is 18.9. The molecule has 1 amide bonds. The van der Waals surface area contributed by atoms with Gasteiger partial charge in [-0.25, -0.2) is 4.98 Å². The van der Waals surface area contributed by atoms with E-state index in [4.69, 9.17) is 9.47 Å². The van der Waals surface area contributed by atoms with Crippen LogP contribution in [0.1, 0.15) is 11.3 Å². The molecule has 1 aromatic heterocycles. The summed E-state index contributed by atoms with van der Waals surface area (Å²) in [6.07, 6.45) is 0.285. The molecule has 0 saturated heterocycles. The van der Waals surface area contributed by atoms with Crippen LogP contribution in [0.25, 0.3) is 10.6 Å². The molecule has 2 aromatic carbocycles. The van der Waals surface area contributed by atoms with Crippen LogP contribution in [0.3, 0.4) is 0 Å². The Kier molecular flexibility index (Phi) is 6.08. The molecule has 0 spiro atoms. The summed E-state index contributed by atoms with van der Waals surface area (Å²) in [5.74, 6) is 1.38. The summed E-state index contributed by atoms with van der Waals surface area (Å²) in [7, 11) is 5.03. The Morgan fingerprint density at radius 3 is 2.52 bits per heavy atom. The lowest BCUT2D eigenvalue weighted by Crippen LogP contribution is -2.27. The molecular formula is C21H22N2O3S. The van der Waals surface area contributed by atoms with E-state index in [0.29, 0.717) is 18.0 Å². The maximum absolute atomic E-state index is 12.5. The lowest BCUT2D eigenvalue weighted by Gasteiger charge is -2.16. The minimum atomic E-state index is 0.0445. The van der Waals surface area contributed by atoms with E-state index in [1.807, 2.05) is 61.0 Å². The lowest BCUT2D eigenvalue weighted by molar-refractivity contribution is -0.129. The fraction of sp³-hybridized carbons (Fsp3) is 0.238. The van der Waals surface area contributed by atoms with Crippen molar-refractivity contribution in [3.8, 4) is 22.1 Å². The van der Waals surface area contributed by atoms with Gasteiger partial charge in [0.2, 0.25) is 5.91 Å². The number of amides is 1. The molecule has 0 atom stereocenters. The van der Waals surface area contributed by atoms with E-state index in [1.54, 1.807) is 19.1 Å². The van der Waals surface area contributed by atoms with Gasteiger partial charge in [-0.1, -0.05) is 30.3 Å². The van der Waals surface area contributed by atoms with Crippen molar-refractivity contribution in [2.75, 3.05) is 21.3 Å². The number of benzene rings is 2. The molecule has 0 aliphatic rings.